The van der Waals surface area contributed by atoms with E-state index in [9.17, 15) is 9.59 Å². The number of hydrogen-bond donors (Lipinski definition) is 0. The zero-order valence-corrected chi connectivity index (χ0v) is 25.9. The minimum absolute atomic E-state index is 0.154. The number of ether oxygens (including phenoxy) is 2. The van der Waals surface area contributed by atoms with Gasteiger partial charge in [-0.2, -0.15) is 0 Å². The summed E-state index contributed by atoms with van der Waals surface area (Å²) >= 11 is 0. The monoisotopic (exact) mass is 576 g/mol. The van der Waals surface area contributed by atoms with Gasteiger partial charge in [-0.3, -0.25) is 14.3 Å². The van der Waals surface area contributed by atoms with Crippen molar-refractivity contribution in [2.24, 2.45) is 0 Å². The Morgan fingerprint density at radius 1 is 1.17 bits per heavy atom. The fourth-order valence-electron chi connectivity index (χ4n) is 5.11. The van der Waals surface area contributed by atoms with Gasteiger partial charge >= 0.3 is 6.09 Å². The van der Waals surface area contributed by atoms with Crippen LogP contribution in [0.15, 0.2) is 24.3 Å². The number of anilines is 2. The van der Waals surface area contributed by atoms with Crippen molar-refractivity contribution in [2.45, 2.75) is 85.3 Å². The lowest BCUT2D eigenvalue weighted by Crippen LogP contribution is -2.38. The van der Waals surface area contributed by atoms with Crippen molar-refractivity contribution >= 4 is 23.6 Å². The molecule has 0 fully saturated rings. The molecule has 5 heterocycles. The Labute approximate surface area is 246 Å². The van der Waals surface area contributed by atoms with E-state index in [4.69, 9.17) is 19.4 Å². The summed E-state index contributed by atoms with van der Waals surface area (Å²) in [7, 11) is 3.61. The van der Waals surface area contributed by atoms with Gasteiger partial charge in [0.1, 0.15) is 29.5 Å². The zero-order valence-electron chi connectivity index (χ0n) is 25.9. The van der Waals surface area contributed by atoms with Crippen molar-refractivity contribution < 1.29 is 19.1 Å². The van der Waals surface area contributed by atoms with Crippen molar-refractivity contribution in [1.29, 1.82) is 0 Å². The van der Waals surface area contributed by atoms with Gasteiger partial charge in [0.2, 0.25) is 0 Å². The van der Waals surface area contributed by atoms with E-state index >= 15 is 0 Å². The molecule has 12 heteroatoms. The molecule has 3 aromatic rings. The van der Waals surface area contributed by atoms with E-state index in [-0.39, 0.29) is 30.6 Å². The molecule has 2 aliphatic rings. The van der Waals surface area contributed by atoms with Crippen molar-refractivity contribution in [3.8, 4) is 11.5 Å². The molecule has 0 atom stereocenters. The minimum Gasteiger partial charge on any atom is -0.444 e. The molecule has 0 spiro atoms. The normalized spacial score (nSPS) is 16.0. The van der Waals surface area contributed by atoms with E-state index in [0.717, 1.165) is 11.4 Å². The fourth-order valence-corrected chi connectivity index (χ4v) is 5.11. The lowest BCUT2D eigenvalue weighted by molar-refractivity contribution is 0.0190. The van der Waals surface area contributed by atoms with E-state index in [1.165, 1.54) is 4.90 Å². The SMILES string of the molecule is CC(C)N(C)c1cc2c(c(CN(C)C(=O)OC(C)(C)C)n1)CN(c1cccc(-c3nnc4n3C(C)(C)COC4)n1)C2=O. The first-order valence-corrected chi connectivity index (χ1v) is 14.2. The van der Waals surface area contributed by atoms with E-state index < -0.39 is 11.7 Å². The highest BCUT2D eigenvalue weighted by atomic mass is 16.6. The van der Waals surface area contributed by atoms with Gasteiger partial charge in [0.25, 0.3) is 5.91 Å². The second kappa shape index (κ2) is 10.6. The number of hydrogen-bond acceptors (Lipinski definition) is 9. The van der Waals surface area contributed by atoms with Crippen LogP contribution in [-0.2, 0) is 34.7 Å². The fraction of sp³-hybridized carbons (Fsp3) is 0.533. The maximum atomic E-state index is 13.9. The maximum absolute atomic E-state index is 13.9. The first-order valence-electron chi connectivity index (χ1n) is 14.2. The summed E-state index contributed by atoms with van der Waals surface area (Å²) < 4.78 is 13.3. The van der Waals surface area contributed by atoms with Crippen LogP contribution in [0.25, 0.3) is 11.5 Å². The van der Waals surface area contributed by atoms with Crippen LogP contribution in [-0.4, -0.2) is 74.0 Å². The largest absolute Gasteiger partial charge is 0.444 e. The van der Waals surface area contributed by atoms with E-state index in [2.05, 4.69) is 42.5 Å². The second-order valence-electron chi connectivity index (χ2n) is 12.8. The molecule has 0 N–H and O–H groups in total. The summed E-state index contributed by atoms with van der Waals surface area (Å²) in [5.74, 6) is 2.36. The molecule has 0 radical (unpaired) electrons. The lowest BCUT2D eigenvalue weighted by Gasteiger charge is -2.32. The first-order chi connectivity index (χ1) is 19.7. The summed E-state index contributed by atoms with van der Waals surface area (Å²) in [4.78, 5) is 41.6. The number of nitrogens with zero attached hydrogens (tertiary/aromatic N) is 8. The summed E-state index contributed by atoms with van der Waals surface area (Å²) in [5.41, 5.74) is 1.60. The number of fused-ring (bicyclic) bond motifs is 2. The standard InChI is InChI=1S/C30H40N8O4/c1-18(2)36(9)24-13-19-20(22(32-24)15-35(8)28(40)42-29(3,4)5)14-37(27(19)39)23-12-10-11-21(31-23)26-34-33-25-16-41-17-30(6,7)38(25)26/h10-13,18H,14-17H2,1-9H3. The van der Waals surface area contributed by atoms with E-state index in [1.807, 2.05) is 57.0 Å². The van der Waals surface area contributed by atoms with Gasteiger partial charge in [-0.05, 0) is 66.7 Å². The van der Waals surface area contributed by atoms with Crippen LogP contribution < -0.4 is 9.80 Å². The molecular weight excluding hydrogens is 536 g/mol. The average Bonchev–Trinajstić information content (AvgIpc) is 3.50. The van der Waals surface area contributed by atoms with Gasteiger partial charge in [-0.1, -0.05) is 6.07 Å². The quantitative estimate of drug-likeness (QED) is 0.421. The third kappa shape index (κ3) is 5.55. The summed E-state index contributed by atoms with van der Waals surface area (Å²) in [5, 5.41) is 8.76. The van der Waals surface area contributed by atoms with Gasteiger partial charge in [-0.25, -0.2) is 14.8 Å². The van der Waals surface area contributed by atoms with Gasteiger partial charge in [0.05, 0.1) is 36.5 Å². The predicted octanol–water partition coefficient (Wildman–Crippen LogP) is 4.37. The molecule has 5 rings (SSSR count). The van der Waals surface area contributed by atoms with Gasteiger partial charge < -0.3 is 19.3 Å². The average molecular weight is 577 g/mol. The zero-order chi connectivity index (χ0) is 30.6. The van der Waals surface area contributed by atoms with Gasteiger partial charge in [0.15, 0.2) is 11.6 Å². The van der Waals surface area contributed by atoms with Crippen LogP contribution in [0, 0.1) is 0 Å². The number of amides is 2. The van der Waals surface area contributed by atoms with Crippen molar-refractivity contribution in [1.82, 2.24) is 29.6 Å². The van der Waals surface area contributed by atoms with E-state index in [1.54, 1.807) is 11.9 Å². The molecule has 0 saturated carbocycles. The molecule has 42 heavy (non-hydrogen) atoms. The molecule has 0 aliphatic carbocycles. The van der Waals surface area contributed by atoms with Gasteiger partial charge in [0, 0.05) is 25.7 Å². The van der Waals surface area contributed by atoms with Crippen LogP contribution in [0.4, 0.5) is 16.4 Å². The van der Waals surface area contributed by atoms with Crippen LogP contribution in [0.2, 0.25) is 0 Å². The number of pyridine rings is 2. The number of carbonyl (C=O) groups is 2. The Hall–Kier alpha value is -4.06. The second-order valence-corrected chi connectivity index (χ2v) is 12.8. The Morgan fingerprint density at radius 3 is 2.60 bits per heavy atom. The first kappa shape index (κ1) is 29.4. The third-order valence-corrected chi connectivity index (χ3v) is 7.48. The summed E-state index contributed by atoms with van der Waals surface area (Å²) in [6, 6.07) is 7.54. The minimum atomic E-state index is -0.629. The molecule has 0 unspecified atom stereocenters. The molecule has 0 aromatic carbocycles. The maximum Gasteiger partial charge on any atom is 0.410 e. The molecule has 2 amide bonds. The van der Waals surface area contributed by atoms with Crippen molar-refractivity contribution in [3.05, 3.63) is 46.9 Å². The molecular formula is C30H40N8O4. The molecule has 224 valence electrons. The Kier molecular flexibility index (Phi) is 7.46. The highest BCUT2D eigenvalue weighted by Gasteiger charge is 2.36. The molecule has 12 nitrogen and oxygen atoms in total. The third-order valence-electron chi connectivity index (χ3n) is 7.48. The van der Waals surface area contributed by atoms with Gasteiger partial charge in [-0.15, -0.1) is 10.2 Å². The smallest absolute Gasteiger partial charge is 0.410 e. The lowest BCUT2D eigenvalue weighted by atomic mass is 10.0. The number of rotatable bonds is 6. The Bertz CT molecular complexity index is 1520. The highest BCUT2D eigenvalue weighted by molar-refractivity contribution is 6.10. The number of aromatic nitrogens is 5. The molecule has 2 aliphatic heterocycles. The van der Waals surface area contributed by atoms with E-state index in [0.29, 0.717) is 47.6 Å². The Morgan fingerprint density at radius 2 is 1.90 bits per heavy atom. The summed E-state index contributed by atoms with van der Waals surface area (Å²) in [6.45, 7) is 15.1. The van der Waals surface area contributed by atoms with Crippen LogP contribution >= 0.6 is 0 Å². The Balaban J connectivity index is 1.50. The number of carbonyl (C=O) groups excluding carboxylic acids is 2. The van der Waals surface area contributed by atoms with Crippen molar-refractivity contribution in [2.75, 3.05) is 30.5 Å². The predicted molar refractivity (Wildman–Crippen MR) is 158 cm³/mol. The topological polar surface area (TPSA) is 119 Å². The molecule has 3 aromatic heterocycles. The van der Waals surface area contributed by atoms with Crippen LogP contribution in [0.1, 0.15) is 75.9 Å². The molecule has 0 saturated heterocycles. The highest BCUT2D eigenvalue weighted by Crippen LogP contribution is 2.34. The van der Waals surface area contributed by atoms with Crippen LogP contribution in [0.5, 0.6) is 0 Å². The van der Waals surface area contributed by atoms with Crippen molar-refractivity contribution in [3.63, 3.8) is 0 Å². The summed E-state index contributed by atoms with van der Waals surface area (Å²) in [6.07, 6.45) is -0.457. The van der Waals surface area contributed by atoms with Crippen LogP contribution in [0.3, 0.4) is 0 Å². The molecule has 0 bridgehead atoms.